The Morgan fingerprint density at radius 2 is 1.38 bits per heavy atom. The number of carbonyl (C=O) groups excluding carboxylic acids is 2. The number of ether oxygens (including phenoxy) is 2. The summed E-state index contributed by atoms with van der Waals surface area (Å²) in [6, 6.07) is 3.95. The van der Waals surface area contributed by atoms with Gasteiger partial charge in [-0.3, -0.25) is 4.79 Å². The Hall–Kier alpha value is -2.13. The van der Waals surface area contributed by atoms with Crippen LogP contribution in [0.15, 0.2) is 34.7 Å². The van der Waals surface area contributed by atoms with Gasteiger partial charge in [0.15, 0.2) is 7.14 Å². The lowest BCUT2D eigenvalue weighted by Crippen LogP contribution is -2.40. The smallest absolute Gasteiger partial charge is 0.335 e. The highest BCUT2D eigenvalue weighted by Crippen LogP contribution is 2.63. The molecule has 0 saturated heterocycles. The monoisotopic (exact) mass is 488 g/mol. The van der Waals surface area contributed by atoms with Crippen LogP contribution in [0.1, 0.15) is 72.1 Å². The number of hydrogen-bond acceptors (Lipinski definition) is 5. The molecule has 1 aromatic rings. The van der Waals surface area contributed by atoms with Crippen molar-refractivity contribution in [2.24, 2.45) is 10.8 Å². The van der Waals surface area contributed by atoms with Gasteiger partial charge in [-0.25, -0.2) is 4.79 Å². The molecule has 0 unspecified atom stereocenters. The van der Waals surface area contributed by atoms with Gasteiger partial charge in [-0.2, -0.15) is 0 Å². The van der Waals surface area contributed by atoms with E-state index < -0.39 is 35.6 Å². The number of aryl methyl sites for hydroxylation is 3. The van der Waals surface area contributed by atoms with Crippen molar-refractivity contribution in [2.75, 3.05) is 13.2 Å². The maximum atomic E-state index is 15.3. The fraction of sp³-hybridized carbons (Fsp3) is 0.571. The van der Waals surface area contributed by atoms with Gasteiger partial charge in [0.05, 0.1) is 18.8 Å². The zero-order valence-corrected chi connectivity index (χ0v) is 23.6. The van der Waals surface area contributed by atoms with E-state index in [4.69, 9.17) is 9.47 Å². The second kappa shape index (κ2) is 9.85. The van der Waals surface area contributed by atoms with E-state index in [0.29, 0.717) is 10.9 Å². The summed E-state index contributed by atoms with van der Waals surface area (Å²) < 4.78 is 26.2. The molecule has 1 heterocycles. The zero-order chi connectivity index (χ0) is 26.2. The van der Waals surface area contributed by atoms with Crippen molar-refractivity contribution in [3.63, 3.8) is 0 Å². The van der Waals surface area contributed by atoms with E-state index in [2.05, 4.69) is 0 Å². The molecule has 188 valence electrons. The van der Waals surface area contributed by atoms with E-state index in [1.54, 1.807) is 19.7 Å². The summed E-state index contributed by atoms with van der Waals surface area (Å²) in [5.74, 6) is 0.532. The number of hydrogen-bond donors (Lipinski definition) is 0. The first-order valence-corrected chi connectivity index (χ1v) is 13.8. The van der Waals surface area contributed by atoms with Crippen molar-refractivity contribution < 1.29 is 23.6 Å². The quantitative estimate of drug-likeness (QED) is 0.355. The number of benzene rings is 1. The Balaban J connectivity index is 3.15. The number of allylic oxidation sites excluding steroid dienone is 2. The average Bonchev–Trinajstić information content (AvgIpc) is 2.64. The maximum Gasteiger partial charge on any atom is 0.335 e. The largest absolute Gasteiger partial charge is 0.465 e. The van der Waals surface area contributed by atoms with Crippen LogP contribution >= 0.6 is 7.14 Å². The second-order valence-electron chi connectivity index (χ2n) is 11.2. The Morgan fingerprint density at radius 1 is 0.882 bits per heavy atom. The topological polar surface area (TPSA) is 69.7 Å². The molecular formula is C28H41O5P. The van der Waals surface area contributed by atoms with Crippen LogP contribution in [0.5, 0.6) is 0 Å². The Kier molecular flexibility index (Phi) is 8.15. The van der Waals surface area contributed by atoms with Crippen LogP contribution in [0.2, 0.25) is 0 Å². The second-order valence-corrected chi connectivity index (χ2v) is 13.8. The van der Waals surface area contributed by atoms with Gasteiger partial charge in [0.2, 0.25) is 0 Å². The minimum Gasteiger partial charge on any atom is -0.465 e. The molecule has 6 heteroatoms. The van der Waals surface area contributed by atoms with Gasteiger partial charge >= 0.3 is 11.9 Å². The fourth-order valence-electron chi connectivity index (χ4n) is 5.02. The third-order valence-electron chi connectivity index (χ3n) is 6.06. The molecule has 1 aliphatic heterocycles. The molecule has 0 aromatic heterocycles. The molecule has 0 N–H and O–H groups in total. The molecular weight excluding hydrogens is 447 g/mol. The van der Waals surface area contributed by atoms with Crippen LogP contribution in [0.4, 0.5) is 0 Å². The highest BCUT2D eigenvalue weighted by atomic mass is 31.2. The molecule has 0 radical (unpaired) electrons. The van der Waals surface area contributed by atoms with E-state index >= 15 is 4.57 Å². The molecule has 2 atom stereocenters. The predicted molar refractivity (Wildman–Crippen MR) is 139 cm³/mol. The Morgan fingerprint density at radius 3 is 1.79 bits per heavy atom. The van der Waals surface area contributed by atoms with Crippen LogP contribution in [0.3, 0.4) is 0 Å². The first-order chi connectivity index (χ1) is 15.5. The molecule has 0 fully saturated rings. The Bertz CT molecular complexity index is 1070. The minimum atomic E-state index is -3.65. The number of esters is 2. The molecule has 1 aromatic carbocycles. The lowest BCUT2D eigenvalue weighted by atomic mass is 9.70. The molecule has 0 bridgehead atoms. The van der Waals surface area contributed by atoms with Crippen LogP contribution in [0.25, 0.3) is 0 Å². The molecule has 5 nitrogen and oxygen atoms in total. The van der Waals surface area contributed by atoms with E-state index in [9.17, 15) is 9.59 Å². The van der Waals surface area contributed by atoms with Gasteiger partial charge in [-0.15, -0.1) is 0 Å². The summed E-state index contributed by atoms with van der Waals surface area (Å²) in [6.45, 7) is 21.6. The molecule has 0 saturated carbocycles. The minimum absolute atomic E-state index is 0.123. The average molecular weight is 489 g/mol. The van der Waals surface area contributed by atoms with Gasteiger partial charge in [0, 0.05) is 5.30 Å². The number of rotatable bonds is 5. The standard InChI is InChI=1S/C28H41O5P/c1-12-32-25(29)21-22(28(9,10)11)20(27(6,7)8)16-34(31,24(21)26(30)33-13-2)23-18(4)14-17(3)15-19(23)5/h14-16,24H,12-13H2,1-11H3/t24-,34-/m0/s1. The van der Waals surface area contributed by atoms with Crippen LogP contribution in [-0.4, -0.2) is 30.8 Å². The first-order valence-electron chi connectivity index (χ1n) is 12.0. The summed E-state index contributed by atoms with van der Waals surface area (Å²) >= 11 is 0. The van der Waals surface area contributed by atoms with Crippen LogP contribution in [-0.2, 0) is 23.6 Å². The van der Waals surface area contributed by atoms with Crippen molar-refractivity contribution in [1.82, 2.24) is 0 Å². The van der Waals surface area contributed by atoms with Gasteiger partial charge in [-0.1, -0.05) is 59.2 Å². The highest BCUT2D eigenvalue weighted by Gasteiger charge is 2.53. The van der Waals surface area contributed by atoms with E-state index in [1.165, 1.54) is 0 Å². The van der Waals surface area contributed by atoms with E-state index in [0.717, 1.165) is 22.3 Å². The number of carbonyl (C=O) groups is 2. The Labute approximate surface area is 205 Å². The summed E-state index contributed by atoms with van der Waals surface area (Å²) in [4.78, 5) is 27.1. The van der Waals surface area contributed by atoms with Crippen LogP contribution < -0.4 is 5.30 Å². The van der Waals surface area contributed by atoms with Crippen molar-refractivity contribution in [1.29, 1.82) is 0 Å². The van der Waals surface area contributed by atoms with E-state index in [1.807, 2.05) is 74.4 Å². The lowest BCUT2D eigenvalue weighted by molar-refractivity contribution is -0.145. The third kappa shape index (κ3) is 5.25. The summed E-state index contributed by atoms with van der Waals surface area (Å²) in [7, 11) is -3.65. The molecule has 0 amide bonds. The summed E-state index contributed by atoms with van der Waals surface area (Å²) in [6.07, 6.45) is 0. The summed E-state index contributed by atoms with van der Waals surface area (Å²) in [5, 5.41) is 0.618. The molecule has 2 rings (SSSR count). The van der Waals surface area contributed by atoms with Gasteiger partial charge in [-0.05, 0) is 73.5 Å². The molecule has 0 spiro atoms. The van der Waals surface area contributed by atoms with Gasteiger partial charge < -0.3 is 14.0 Å². The highest BCUT2D eigenvalue weighted by molar-refractivity contribution is 7.76. The summed E-state index contributed by atoms with van der Waals surface area (Å²) in [5.41, 5.74) is 2.22. The third-order valence-corrected chi connectivity index (χ3v) is 9.35. The van der Waals surface area contributed by atoms with Crippen molar-refractivity contribution in [2.45, 2.75) is 81.8 Å². The zero-order valence-electron chi connectivity index (χ0n) is 22.7. The SMILES string of the molecule is CCOC(=O)C1=C(C(C)(C)C)C(C(C)(C)C)=C[P@](=O)(c2c(C)cc(C)cc2C)[C@@H]1C(=O)OCC. The maximum absolute atomic E-state index is 15.3. The normalized spacial score (nSPS) is 21.3. The van der Waals surface area contributed by atoms with Crippen molar-refractivity contribution in [3.8, 4) is 0 Å². The first kappa shape index (κ1) is 28.1. The molecule has 0 aliphatic carbocycles. The van der Waals surface area contributed by atoms with Crippen molar-refractivity contribution >= 4 is 24.4 Å². The van der Waals surface area contributed by atoms with Crippen molar-refractivity contribution in [3.05, 3.63) is 51.4 Å². The molecule has 1 aliphatic rings. The fourth-order valence-corrected chi connectivity index (χ4v) is 8.69. The van der Waals surface area contributed by atoms with Gasteiger partial charge in [0.1, 0.15) is 5.66 Å². The van der Waals surface area contributed by atoms with Gasteiger partial charge in [0.25, 0.3) is 0 Å². The molecule has 34 heavy (non-hydrogen) atoms. The predicted octanol–water partition coefficient (Wildman–Crippen LogP) is 6.38. The lowest BCUT2D eigenvalue weighted by Gasteiger charge is -2.42. The van der Waals surface area contributed by atoms with E-state index in [-0.39, 0.29) is 18.8 Å². The van der Waals surface area contributed by atoms with Crippen LogP contribution in [0, 0.1) is 31.6 Å².